The number of nitrogens with zero attached hydrogens (tertiary/aromatic N) is 1. The molecule has 2 aromatic heterocycles. The Hall–Kier alpha value is -1.44. The van der Waals surface area contributed by atoms with E-state index in [1.165, 1.54) is 0 Å². The zero-order valence-corrected chi connectivity index (χ0v) is 15.5. The minimum Gasteiger partial charge on any atom is -0.473 e. The normalized spacial score (nSPS) is 10.1. The van der Waals surface area contributed by atoms with Gasteiger partial charge in [0.25, 0.3) is 0 Å². The van der Waals surface area contributed by atoms with Crippen molar-refractivity contribution in [3.63, 3.8) is 0 Å². The molecule has 2 nitrogen and oxygen atoms in total. The Morgan fingerprint density at radius 2 is 0.905 bits per heavy atom. The highest BCUT2D eigenvalue weighted by Crippen LogP contribution is 2.08. The maximum absolute atomic E-state index is 4.58. The molecule has 0 aliphatic heterocycles. The van der Waals surface area contributed by atoms with Crippen LogP contribution in [0.4, 0.5) is 0 Å². The topological polar surface area (TPSA) is 18.1 Å². The maximum Gasteiger partial charge on any atom is 0.0902 e. The third-order valence-corrected chi connectivity index (χ3v) is 1.18. The maximum atomic E-state index is 4.58. The molecule has 122 valence electrons. The Morgan fingerprint density at radius 3 is 1.00 bits per heavy atom. The summed E-state index contributed by atoms with van der Waals surface area (Å²) in [7, 11) is 2.00. The van der Waals surface area contributed by atoms with Crippen molar-refractivity contribution in [3.05, 3.63) is 49.2 Å². The predicted molar refractivity (Wildman–Crippen MR) is 94.4 cm³/mol. The first kappa shape index (κ1) is 21.9. The van der Waals surface area contributed by atoms with Gasteiger partial charge in [-0.2, -0.15) is 0 Å². The summed E-state index contributed by atoms with van der Waals surface area (Å²) in [6, 6.07) is 7.67. The molecule has 0 unspecified atom stereocenters. The van der Waals surface area contributed by atoms with Gasteiger partial charge in [0.1, 0.15) is 0 Å². The van der Waals surface area contributed by atoms with Crippen LogP contribution in [-0.4, -0.2) is 4.57 Å². The number of aromatic nitrogens is 1. The van der Waals surface area contributed by atoms with Crippen LogP contribution in [0.1, 0.15) is 55.4 Å². The molecule has 0 aliphatic rings. The third-order valence-electron chi connectivity index (χ3n) is 1.18. The van der Waals surface area contributed by atoms with Crippen LogP contribution < -0.4 is 0 Å². The third kappa shape index (κ3) is 45.6. The Kier molecular flexibility index (Phi) is 11.7. The molecule has 0 saturated heterocycles. The number of furan rings is 1. The van der Waals surface area contributed by atoms with Crippen molar-refractivity contribution in [2.75, 3.05) is 0 Å². The van der Waals surface area contributed by atoms with Gasteiger partial charge in [0.2, 0.25) is 0 Å². The van der Waals surface area contributed by atoms with Gasteiger partial charge in [-0.3, -0.25) is 0 Å². The van der Waals surface area contributed by atoms with E-state index in [1.807, 2.05) is 48.3 Å². The van der Waals surface area contributed by atoms with Crippen molar-refractivity contribution < 1.29 is 4.42 Å². The fourth-order valence-electron chi connectivity index (χ4n) is 0.647. The largest absolute Gasteiger partial charge is 0.473 e. The van der Waals surface area contributed by atoms with Crippen LogP contribution in [0.3, 0.4) is 0 Å². The van der Waals surface area contributed by atoms with Crippen LogP contribution in [0.15, 0.2) is 53.6 Å². The molecule has 2 heteroatoms. The quantitative estimate of drug-likeness (QED) is 0.549. The van der Waals surface area contributed by atoms with Crippen molar-refractivity contribution in [1.82, 2.24) is 4.57 Å². The summed E-state index contributed by atoms with van der Waals surface area (Å²) in [5.74, 6) is 0. The second-order valence-electron chi connectivity index (χ2n) is 8.14. The lowest BCUT2D eigenvalue weighted by Gasteiger charge is -2.05. The van der Waals surface area contributed by atoms with Gasteiger partial charge < -0.3 is 8.98 Å². The van der Waals surface area contributed by atoms with Gasteiger partial charge in [0.05, 0.1) is 12.5 Å². The standard InChI is InChI=1S/C5H7N.2C5H12.C4H4O/c1-6-4-2-3-5-6;2*1-5(2,3)4;1-2-4-5-3-1/h2-5H,1H3;2*1-4H3;1-4H. The summed E-state index contributed by atoms with van der Waals surface area (Å²) >= 11 is 0. The van der Waals surface area contributed by atoms with Gasteiger partial charge in [-0.1, -0.05) is 55.4 Å². The first-order valence-electron chi connectivity index (χ1n) is 7.44. The van der Waals surface area contributed by atoms with E-state index in [4.69, 9.17) is 0 Å². The Bertz CT molecular complexity index is 344. The second kappa shape index (κ2) is 11.2. The highest BCUT2D eigenvalue weighted by Gasteiger charge is 1.96. The van der Waals surface area contributed by atoms with E-state index in [2.05, 4.69) is 59.8 Å². The average Bonchev–Trinajstić information content (AvgIpc) is 2.84. The first-order chi connectivity index (χ1) is 9.39. The lowest BCUT2D eigenvalue weighted by molar-refractivity contribution is 0.469. The fourth-order valence-corrected chi connectivity index (χ4v) is 0.647. The molecule has 2 aromatic rings. The molecule has 0 fully saturated rings. The zero-order valence-electron chi connectivity index (χ0n) is 15.5. The number of aryl methyl sites for hydroxylation is 1. The van der Waals surface area contributed by atoms with Gasteiger partial charge in [0, 0.05) is 19.4 Å². The molecule has 0 aromatic carbocycles. The van der Waals surface area contributed by atoms with Gasteiger partial charge in [0.15, 0.2) is 0 Å². The van der Waals surface area contributed by atoms with Crippen LogP contribution in [0.5, 0.6) is 0 Å². The fraction of sp³-hybridized carbons (Fsp3) is 0.579. The molecule has 0 atom stereocenters. The van der Waals surface area contributed by atoms with E-state index in [-0.39, 0.29) is 0 Å². The minimum atomic E-state index is 0.500. The lowest BCUT2D eigenvalue weighted by Crippen LogP contribution is -1.93. The molecular weight excluding hydrogens is 258 g/mol. The average molecular weight is 293 g/mol. The van der Waals surface area contributed by atoms with Crippen molar-refractivity contribution in [2.45, 2.75) is 55.4 Å². The van der Waals surface area contributed by atoms with Crippen molar-refractivity contribution in [2.24, 2.45) is 17.9 Å². The van der Waals surface area contributed by atoms with E-state index in [9.17, 15) is 0 Å². The van der Waals surface area contributed by atoms with E-state index >= 15 is 0 Å². The van der Waals surface area contributed by atoms with E-state index in [0.29, 0.717) is 10.8 Å². The predicted octanol–water partition coefficient (Wildman–Crippen LogP) is 6.41. The molecule has 0 bridgehead atoms. The monoisotopic (exact) mass is 293 g/mol. The SMILES string of the molecule is CC(C)(C)C.CC(C)(C)C.Cn1cccc1.c1ccoc1. The van der Waals surface area contributed by atoms with Gasteiger partial charge in [-0.15, -0.1) is 0 Å². The van der Waals surface area contributed by atoms with E-state index in [0.717, 1.165) is 0 Å². The molecule has 2 rings (SSSR count). The highest BCUT2D eigenvalue weighted by molar-refractivity contribution is 4.88. The summed E-state index contributed by atoms with van der Waals surface area (Å²) in [6.07, 6.45) is 7.25. The first-order valence-corrected chi connectivity index (χ1v) is 7.44. The molecule has 0 aliphatic carbocycles. The smallest absolute Gasteiger partial charge is 0.0902 e. The molecule has 0 saturated carbocycles. The molecule has 0 radical (unpaired) electrons. The molecule has 2 heterocycles. The summed E-state index contributed by atoms with van der Waals surface area (Å²) in [6.45, 7) is 17.5. The summed E-state index contributed by atoms with van der Waals surface area (Å²) < 4.78 is 6.58. The van der Waals surface area contributed by atoms with Crippen LogP contribution in [-0.2, 0) is 7.05 Å². The summed E-state index contributed by atoms with van der Waals surface area (Å²) in [5.41, 5.74) is 1.00. The van der Waals surface area contributed by atoms with Gasteiger partial charge in [-0.05, 0) is 35.1 Å². The molecular formula is C19H35NO. The van der Waals surface area contributed by atoms with Gasteiger partial charge >= 0.3 is 0 Å². The van der Waals surface area contributed by atoms with E-state index < -0.39 is 0 Å². The Morgan fingerprint density at radius 1 is 0.619 bits per heavy atom. The molecule has 21 heavy (non-hydrogen) atoms. The van der Waals surface area contributed by atoms with Crippen molar-refractivity contribution in [3.8, 4) is 0 Å². The van der Waals surface area contributed by atoms with Crippen LogP contribution in [0.2, 0.25) is 0 Å². The van der Waals surface area contributed by atoms with Crippen LogP contribution in [0, 0.1) is 10.8 Å². The molecule has 0 amide bonds. The number of hydrogen-bond donors (Lipinski definition) is 0. The molecule has 0 N–H and O–H groups in total. The number of rotatable bonds is 0. The second-order valence-corrected chi connectivity index (χ2v) is 8.14. The highest BCUT2D eigenvalue weighted by atomic mass is 16.3. The summed E-state index contributed by atoms with van der Waals surface area (Å²) in [4.78, 5) is 0. The van der Waals surface area contributed by atoms with E-state index in [1.54, 1.807) is 12.5 Å². The van der Waals surface area contributed by atoms with Crippen LogP contribution >= 0.6 is 0 Å². The summed E-state index contributed by atoms with van der Waals surface area (Å²) in [5, 5.41) is 0. The zero-order chi connectivity index (χ0) is 16.9. The number of hydrogen-bond acceptors (Lipinski definition) is 1. The van der Waals surface area contributed by atoms with Crippen molar-refractivity contribution >= 4 is 0 Å². The van der Waals surface area contributed by atoms with Crippen molar-refractivity contribution in [1.29, 1.82) is 0 Å². The minimum absolute atomic E-state index is 0.500. The van der Waals surface area contributed by atoms with Crippen LogP contribution in [0.25, 0.3) is 0 Å². The molecule has 0 spiro atoms. The Labute approximate surface area is 132 Å². The lowest BCUT2D eigenvalue weighted by atomic mass is 10.0. The Balaban J connectivity index is 0. The van der Waals surface area contributed by atoms with Gasteiger partial charge in [-0.25, -0.2) is 0 Å².